The Morgan fingerprint density at radius 1 is 1.11 bits per heavy atom. The normalized spacial score (nSPS) is 41.6. The van der Waals surface area contributed by atoms with E-state index in [-0.39, 0.29) is 19.6 Å². The first kappa shape index (κ1) is 23.4. The molecule has 0 aromatic rings. The van der Waals surface area contributed by atoms with Gasteiger partial charge in [-0.3, -0.25) is 4.79 Å². The summed E-state index contributed by atoms with van der Waals surface area (Å²) in [6.45, 7) is 1.54. The molecule has 164 valence electrons. The van der Waals surface area contributed by atoms with Crippen molar-refractivity contribution in [3.63, 3.8) is 0 Å². The maximum absolute atomic E-state index is 10.7. The number of nitrogens with one attached hydrogen (secondary N) is 1. The van der Waals surface area contributed by atoms with E-state index >= 15 is 0 Å². The number of hydrogen-bond acceptors (Lipinski definition) is 10. The van der Waals surface area contributed by atoms with Crippen LogP contribution in [0.3, 0.4) is 0 Å². The number of hydrogen-bond donors (Lipinski definition) is 6. The van der Waals surface area contributed by atoms with Crippen LogP contribution in [0.25, 0.3) is 0 Å². The zero-order valence-electron chi connectivity index (χ0n) is 15.8. The van der Waals surface area contributed by atoms with Crippen molar-refractivity contribution in [3.05, 3.63) is 0 Å². The zero-order chi connectivity index (χ0) is 20.7. The van der Waals surface area contributed by atoms with E-state index in [1.54, 1.807) is 6.92 Å². The SMILES string of the molecule is C[C@H]1O[C@H](CO)C(O[C@H]2O[C@H](CO)C[C@H](O)[C@H]2O)[C@H](O)[C@H]1OCCCNC=O. The van der Waals surface area contributed by atoms with Crippen LogP contribution in [-0.2, 0) is 23.7 Å². The smallest absolute Gasteiger partial charge is 0.207 e. The molecule has 0 aromatic carbocycles. The average Bonchev–Trinajstić information content (AvgIpc) is 2.68. The molecule has 2 fully saturated rings. The molecule has 28 heavy (non-hydrogen) atoms. The van der Waals surface area contributed by atoms with Crippen LogP contribution in [0.5, 0.6) is 0 Å². The van der Waals surface area contributed by atoms with Crippen molar-refractivity contribution in [3.8, 4) is 0 Å². The molecule has 2 heterocycles. The monoisotopic (exact) mass is 409 g/mol. The molecule has 2 saturated heterocycles. The Hall–Kier alpha value is -0.890. The van der Waals surface area contributed by atoms with Crippen molar-refractivity contribution < 1.29 is 49.3 Å². The average molecular weight is 409 g/mol. The molecule has 0 bridgehead atoms. The molecule has 0 saturated carbocycles. The van der Waals surface area contributed by atoms with Crippen molar-refractivity contribution in [2.24, 2.45) is 0 Å². The molecule has 6 N–H and O–H groups in total. The van der Waals surface area contributed by atoms with Gasteiger partial charge in [-0.25, -0.2) is 0 Å². The second-order valence-electron chi connectivity index (χ2n) is 7.02. The predicted octanol–water partition coefficient (Wildman–Crippen LogP) is -3.14. The van der Waals surface area contributed by atoms with Gasteiger partial charge in [0.1, 0.15) is 30.5 Å². The van der Waals surface area contributed by atoms with Gasteiger partial charge in [0.15, 0.2) is 6.29 Å². The largest absolute Gasteiger partial charge is 0.394 e. The standard InChI is InChI=1S/C17H31NO10/c1-9-15(25-4-2-3-18-8-21)14(24)16(12(7-20)26-9)28-17-13(23)11(22)5-10(6-19)27-17/h8-17,19-20,22-24H,2-7H2,1H3,(H,18,21)/t9-,10+,11+,12-,13-,14-,15+,16?,17-/m1/s1. The van der Waals surface area contributed by atoms with Crippen molar-refractivity contribution in [2.45, 2.75) is 74.9 Å². The molecule has 2 aliphatic rings. The molecule has 11 nitrogen and oxygen atoms in total. The molecule has 11 heteroatoms. The number of ether oxygens (including phenoxy) is 4. The lowest BCUT2D eigenvalue weighted by Gasteiger charge is -2.45. The van der Waals surface area contributed by atoms with Crippen molar-refractivity contribution in [1.82, 2.24) is 5.32 Å². The van der Waals surface area contributed by atoms with E-state index in [0.717, 1.165) is 0 Å². The molecular weight excluding hydrogens is 378 g/mol. The van der Waals surface area contributed by atoms with Crippen molar-refractivity contribution >= 4 is 6.41 Å². The second kappa shape index (κ2) is 11.3. The Labute approximate surface area is 163 Å². The van der Waals surface area contributed by atoms with Crippen LogP contribution in [0.1, 0.15) is 19.8 Å². The van der Waals surface area contributed by atoms with Gasteiger partial charge in [0, 0.05) is 19.6 Å². The fourth-order valence-corrected chi connectivity index (χ4v) is 3.42. The molecule has 0 aliphatic carbocycles. The summed E-state index contributed by atoms with van der Waals surface area (Å²) in [4.78, 5) is 10.3. The lowest BCUT2D eigenvalue weighted by atomic mass is 9.95. The molecule has 9 atom stereocenters. The zero-order valence-corrected chi connectivity index (χ0v) is 15.8. The second-order valence-corrected chi connectivity index (χ2v) is 7.02. The van der Waals surface area contributed by atoms with Gasteiger partial charge in [-0.15, -0.1) is 0 Å². The molecule has 1 amide bonds. The van der Waals surface area contributed by atoms with Crippen LogP contribution >= 0.6 is 0 Å². The Balaban J connectivity index is 2.01. The summed E-state index contributed by atoms with van der Waals surface area (Å²) >= 11 is 0. The summed E-state index contributed by atoms with van der Waals surface area (Å²) in [6, 6.07) is 0. The van der Waals surface area contributed by atoms with Gasteiger partial charge in [-0.05, 0) is 13.3 Å². The Morgan fingerprint density at radius 2 is 1.86 bits per heavy atom. The van der Waals surface area contributed by atoms with Gasteiger partial charge in [0.05, 0.1) is 31.5 Å². The minimum Gasteiger partial charge on any atom is -0.394 e. The number of carbonyl (C=O) groups excluding carboxylic acids is 1. The fraction of sp³-hybridized carbons (Fsp3) is 0.941. The third-order valence-electron chi connectivity index (χ3n) is 4.93. The van der Waals surface area contributed by atoms with Crippen LogP contribution < -0.4 is 5.32 Å². The third kappa shape index (κ3) is 5.81. The van der Waals surface area contributed by atoms with E-state index in [1.807, 2.05) is 0 Å². The topological polar surface area (TPSA) is 167 Å². The summed E-state index contributed by atoms with van der Waals surface area (Å²) in [6.07, 6.45) is -7.96. The van der Waals surface area contributed by atoms with Crippen LogP contribution in [0.2, 0.25) is 0 Å². The van der Waals surface area contributed by atoms with Gasteiger partial charge >= 0.3 is 0 Å². The molecule has 0 spiro atoms. The van der Waals surface area contributed by atoms with E-state index in [9.17, 15) is 30.3 Å². The summed E-state index contributed by atoms with van der Waals surface area (Å²) in [5, 5.41) is 52.2. The number of carbonyl (C=O) groups is 1. The lowest BCUT2D eigenvalue weighted by molar-refractivity contribution is -0.328. The van der Waals surface area contributed by atoms with Gasteiger partial charge in [-0.2, -0.15) is 0 Å². The molecule has 0 aromatic heterocycles. The predicted molar refractivity (Wildman–Crippen MR) is 93.1 cm³/mol. The van der Waals surface area contributed by atoms with E-state index in [2.05, 4.69) is 5.32 Å². The molecular formula is C17H31NO10. The summed E-state index contributed by atoms with van der Waals surface area (Å²) in [5.74, 6) is 0. The fourth-order valence-electron chi connectivity index (χ4n) is 3.42. The van der Waals surface area contributed by atoms with Gasteiger partial charge in [0.25, 0.3) is 0 Å². The first-order valence-electron chi connectivity index (χ1n) is 9.43. The van der Waals surface area contributed by atoms with Crippen LogP contribution in [-0.4, -0.2) is 113 Å². The molecule has 2 aliphatic heterocycles. The third-order valence-corrected chi connectivity index (χ3v) is 4.93. The minimum absolute atomic E-state index is 0.0439. The van der Waals surface area contributed by atoms with Crippen LogP contribution in [0.15, 0.2) is 0 Å². The van der Waals surface area contributed by atoms with Crippen molar-refractivity contribution in [2.75, 3.05) is 26.4 Å². The van der Waals surface area contributed by atoms with E-state index < -0.39 is 61.7 Å². The number of aliphatic hydroxyl groups excluding tert-OH is 5. The maximum Gasteiger partial charge on any atom is 0.207 e. The highest BCUT2D eigenvalue weighted by molar-refractivity contribution is 5.45. The van der Waals surface area contributed by atoms with E-state index in [4.69, 9.17) is 18.9 Å². The molecule has 2 rings (SSSR count). The summed E-state index contributed by atoms with van der Waals surface area (Å²) in [7, 11) is 0. The summed E-state index contributed by atoms with van der Waals surface area (Å²) in [5.41, 5.74) is 0. The Bertz CT molecular complexity index is 469. The van der Waals surface area contributed by atoms with Gasteiger partial charge in [-0.1, -0.05) is 0 Å². The van der Waals surface area contributed by atoms with E-state index in [0.29, 0.717) is 19.4 Å². The highest BCUT2D eigenvalue weighted by atomic mass is 16.7. The summed E-state index contributed by atoms with van der Waals surface area (Å²) < 4.78 is 22.5. The maximum atomic E-state index is 10.7. The van der Waals surface area contributed by atoms with Crippen LogP contribution in [0.4, 0.5) is 0 Å². The van der Waals surface area contributed by atoms with E-state index in [1.165, 1.54) is 0 Å². The number of amides is 1. The van der Waals surface area contributed by atoms with Crippen molar-refractivity contribution in [1.29, 1.82) is 0 Å². The Morgan fingerprint density at radius 3 is 2.50 bits per heavy atom. The molecule has 1 unspecified atom stereocenters. The highest BCUT2D eigenvalue weighted by Crippen LogP contribution is 2.30. The minimum atomic E-state index is -1.39. The van der Waals surface area contributed by atoms with Gasteiger partial charge < -0.3 is 49.8 Å². The highest BCUT2D eigenvalue weighted by Gasteiger charge is 2.48. The van der Waals surface area contributed by atoms with Gasteiger partial charge in [0.2, 0.25) is 6.41 Å². The molecule has 0 radical (unpaired) electrons. The number of aliphatic hydroxyl groups is 5. The Kier molecular flexibility index (Phi) is 9.47. The number of rotatable bonds is 10. The van der Waals surface area contributed by atoms with Crippen LogP contribution in [0, 0.1) is 0 Å². The quantitative estimate of drug-likeness (QED) is 0.160. The first-order valence-corrected chi connectivity index (χ1v) is 9.43. The first-order chi connectivity index (χ1) is 13.4. The lowest BCUT2D eigenvalue weighted by Crippen LogP contribution is -2.62.